The third-order valence-corrected chi connectivity index (χ3v) is 2.48. The molecule has 0 bridgehead atoms. The highest BCUT2D eigenvalue weighted by Gasteiger charge is 2.25. The van der Waals surface area contributed by atoms with Gasteiger partial charge in [0, 0.05) is 6.61 Å². The Morgan fingerprint density at radius 1 is 1.44 bits per heavy atom. The number of nitrogens with one attached hydrogen (secondary N) is 2. The van der Waals surface area contributed by atoms with E-state index in [0.29, 0.717) is 13.2 Å². The van der Waals surface area contributed by atoms with Crippen LogP contribution in [-0.2, 0) is 9.53 Å². The van der Waals surface area contributed by atoms with Crippen LogP contribution in [-0.4, -0.2) is 42.4 Å². The van der Waals surface area contributed by atoms with Crippen molar-refractivity contribution in [1.82, 2.24) is 10.6 Å². The summed E-state index contributed by atoms with van der Waals surface area (Å²) in [5, 5.41) is 14.0. The van der Waals surface area contributed by atoms with Gasteiger partial charge in [0.25, 0.3) is 0 Å². The summed E-state index contributed by atoms with van der Waals surface area (Å²) in [4.78, 5) is 22.3. The lowest BCUT2D eigenvalue weighted by Crippen LogP contribution is -2.51. The molecule has 0 aliphatic carbocycles. The van der Waals surface area contributed by atoms with Gasteiger partial charge >= 0.3 is 12.0 Å². The van der Waals surface area contributed by atoms with Gasteiger partial charge in [0.15, 0.2) is 0 Å². The fourth-order valence-electron chi connectivity index (χ4n) is 1.53. The van der Waals surface area contributed by atoms with Crippen molar-refractivity contribution in [2.75, 3.05) is 13.2 Å². The molecule has 0 radical (unpaired) electrons. The maximum absolute atomic E-state index is 11.5. The summed E-state index contributed by atoms with van der Waals surface area (Å²) in [6.07, 6.45) is 0.771. The number of ether oxygens (including phenoxy) is 1. The van der Waals surface area contributed by atoms with Crippen LogP contribution in [0.2, 0.25) is 0 Å². The first-order chi connectivity index (χ1) is 7.50. The van der Waals surface area contributed by atoms with Crippen LogP contribution in [0.4, 0.5) is 4.79 Å². The molecule has 92 valence electrons. The van der Waals surface area contributed by atoms with Crippen LogP contribution in [0.3, 0.4) is 0 Å². The van der Waals surface area contributed by atoms with Gasteiger partial charge in [0.1, 0.15) is 6.04 Å². The Morgan fingerprint density at radius 2 is 2.12 bits per heavy atom. The van der Waals surface area contributed by atoms with Gasteiger partial charge in [-0.2, -0.15) is 0 Å². The van der Waals surface area contributed by atoms with Crippen molar-refractivity contribution in [3.8, 4) is 0 Å². The zero-order valence-electron chi connectivity index (χ0n) is 9.53. The highest BCUT2D eigenvalue weighted by molar-refractivity contribution is 5.82. The summed E-state index contributed by atoms with van der Waals surface area (Å²) < 4.78 is 5.10. The molecule has 0 spiro atoms. The van der Waals surface area contributed by atoms with Crippen molar-refractivity contribution >= 4 is 12.0 Å². The average Bonchev–Trinajstić information content (AvgIpc) is 2.65. The minimum absolute atomic E-state index is 0.0124. The number of hydrogen-bond donors (Lipinski definition) is 3. The number of carbonyl (C=O) groups is 2. The second kappa shape index (κ2) is 5.69. The maximum atomic E-state index is 11.5. The summed E-state index contributed by atoms with van der Waals surface area (Å²) in [5.41, 5.74) is 0. The summed E-state index contributed by atoms with van der Waals surface area (Å²) >= 11 is 0. The van der Waals surface area contributed by atoms with Crippen LogP contribution < -0.4 is 10.6 Å². The fraction of sp³-hybridized carbons (Fsp3) is 0.800. The van der Waals surface area contributed by atoms with Crippen molar-refractivity contribution in [1.29, 1.82) is 0 Å². The van der Waals surface area contributed by atoms with E-state index in [9.17, 15) is 9.59 Å². The smallest absolute Gasteiger partial charge is 0.326 e. The quantitative estimate of drug-likeness (QED) is 0.643. The van der Waals surface area contributed by atoms with Gasteiger partial charge in [-0.05, 0) is 12.3 Å². The molecule has 1 aliphatic rings. The zero-order valence-corrected chi connectivity index (χ0v) is 9.53. The van der Waals surface area contributed by atoms with Gasteiger partial charge in [0.2, 0.25) is 0 Å². The highest BCUT2D eigenvalue weighted by atomic mass is 16.5. The second-order valence-electron chi connectivity index (χ2n) is 4.24. The number of rotatable bonds is 4. The number of carboxylic acid groups (broad SMARTS) is 1. The molecular formula is C10H18N2O4. The molecule has 1 aliphatic heterocycles. The molecular weight excluding hydrogens is 212 g/mol. The highest BCUT2D eigenvalue weighted by Crippen LogP contribution is 2.04. The first-order valence-corrected chi connectivity index (χ1v) is 5.38. The number of carboxylic acids is 1. The SMILES string of the molecule is CC(C)C(NC(=O)NC1CCOC1)C(=O)O. The molecule has 3 N–H and O–H groups in total. The van der Waals surface area contributed by atoms with Crippen LogP contribution in [0.25, 0.3) is 0 Å². The van der Waals surface area contributed by atoms with E-state index in [1.807, 2.05) is 0 Å². The van der Waals surface area contributed by atoms with E-state index >= 15 is 0 Å². The minimum atomic E-state index is -1.02. The van der Waals surface area contributed by atoms with Crippen molar-refractivity contribution in [3.05, 3.63) is 0 Å². The van der Waals surface area contributed by atoms with E-state index in [0.717, 1.165) is 6.42 Å². The van der Waals surface area contributed by atoms with Crippen molar-refractivity contribution in [2.45, 2.75) is 32.4 Å². The number of aliphatic carboxylic acids is 1. The Kier molecular flexibility index (Phi) is 4.54. The molecule has 0 saturated carbocycles. The molecule has 1 heterocycles. The van der Waals surface area contributed by atoms with Crippen molar-refractivity contribution in [2.24, 2.45) is 5.92 Å². The van der Waals surface area contributed by atoms with Crippen LogP contribution in [0.15, 0.2) is 0 Å². The van der Waals surface area contributed by atoms with Crippen LogP contribution in [0, 0.1) is 5.92 Å². The molecule has 6 nitrogen and oxygen atoms in total. The van der Waals surface area contributed by atoms with Gasteiger partial charge in [-0.1, -0.05) is 13.8 Å². The Bertz CT molecular complexity index is 262. The monoisotopic (exact) mass is 230 g/mol. The van der Waals surface area contributed by atoms with Crippen molar-refractivity contribution < 1.29 is 19.4 Å². The lowest BCUT2D eigenvalue weighted by Gasteiger charge is -2.19. The number of hydrogen-bond acceptors (Lipinski definition) is 3. The first kappa shape index (κ1) is 12.8. The maximum Gasteiger partial charge on any atom is 0.326 e. The van der Waals surface area contributed by atoms with E-state index in [2.05, 4.69) is 10.6 Å². The normalized spacial score (nSPS) is 21.8. The molecule has 1 saturated heterocycles. The van der Waals surface area contributed by atoms with Crippen molar-refractivity contribution in [3.63, 3.8) is 0 Å². The Morgan fingerprint density at radius 3 is 2.56 bits per heavy atom. The Balaban J connectivity index is 2.38. The van der Waals surface area contributed by atoms with E-state index in [4.69, 9.17) is 9.84 Å². The van der Waals surface area contributed by atoms with Gasteiger partial charge in [-0.15, -0.1) is 0 Å². The van der Waals surface area contributed by atoms with Crippen LogP contribution in [0.1, 0.15) is 20.3 Å². The van der Waals surface area contributed by atoms with Crippen LogP contribution in [0.5, 0.6) is 0 Å². The molecule has 2 unspecified atom stereocenters. The summed E-state index contributed by atoms with van der Waals surface area (Å²) in [6.45, 7) is 4.62. The summed E-state index contributed by atoms with van der Waals surface area (Å²) in [7, 11) is 0. The van der Waals surface area contributed by atoms with E-state index < -0.39 is 18.0 Å². The second-order valence-corrected chi connectivity index (χ2v) is 4.24. The molecule has 1 fully saturated rings. The van der Waals surface area contributed by atoms with E-state index in [1.54, 1.807) is 13.8 Å². The molecule has 2 amide bonds. The number of amides is 2. The Hall–Kier alpha value is -1.30. The Labute approximate surface area is 94.3 Å². The predicted octanol–water partition coefficient (Wildman–Crippen LogP) is 0.184. The molecule has 16 heavy (non-hydrogen) atoms. The minimum Gasteiger partial charge on any atom is -0.480 e. The topological polar surface area (TPSA) is 87.7 Å². The van der Waals surface area contributed by atoms with Gasteiger partial charge in [-0.3, -0.25) is 0 Å². The lowest BCUT2D eigenvalue weighted by atomic mass is 10.1. The first-order valence-electron chi connectivity index (χ1n) is 5.38. The van der Waals surface area contributed by atoms with E-state index in [-0.39, 0.29) is 12.0 Å². The number of carbonyl (C=O) groups excluding carboxylic acids is 1. The van der Waals surface area contributed by atoms with Gasteiger partial charge < -0.3 is 20.5 Å². The molecule has 0 aromatic rings. The summed E-state index contributed by atoms with van der Waals surface area (Å²) in [5.74, 6) is -1.17. The lowest BCUT2D eigenvalue weighted by molar-refractivity contribution is -0.140. The fourth-order valence-corrected chi connectivity index (χ4v) is 1.53. The number of urea groups is 1. The average molecular weight is 230 g/mol. The molecule has 6 heteroatoms. The zero-order chi connectivity index (χ0) is 12.1. The summed E-state index contributed by atoms with van der Waals surface area (Å²) in [6, 6.07) is -1.32. The largest absolute Gasteiger partial charge is 0.480 e. The standard InChI is InChI=1S/C10H18N2O4/c1-6(2)8(9(13)14)12-10(15)11-7-3-4-16-5-7/h6-8H,3-5H2,1-2H3,(H,13,14)(H2,11,12,15). The third-order valence-electron chi connectivity index (χ3n) is 2.48. The molecule has 2 atom stereocenters. The van der Waals surface area contributed by atoms with Gasteiger partial charge in [-0.25, -0.2) is 9.59 Å². The molecule has 0 aromatic heterocycles. The third kappa shape index (κ3) is 3.69. The molecule has 0 aromatic carbocycles. The predicted molar refractivity (Wildman–Crippen MR) is 57.2 cm³/mol. The van der Waals surface area contributed by atoms with Crippen LogP contribution >= 0.6 is 0 Å². The van der Waals surface area contributed by atoms with Gasteiger partial charge in [0.05, 0.1) is 12.6 Å². The van der Waals surface area contributed by atoms with E-state index in [1.165, 1.54) is 0 Å². The molecule has 1 rings (SSSR count).